The Morgan fingerprint density at radius 2 is 1.63 bits per heavy atom. The number of allylic oxidation sites excluding steroid dienone is 1. The van der Waals surface area contributed by atoms with E-state index in [9.17, 15) is 45.3 Å². The number of hydrogen-bond donors (Lipinski definition) is 9. The number of carbonyl (C=O) groups excluding carboxylic acids is 1. The Kier molecular flexibility index (Phi) is 12.3. The topological polar surface area (TPSA) is 237 Å². The summed E-state index contributed by atoms with van der Waals surface area (Å²) >= 11 is 0. The lowest BCUT2D eigenvalue weighted by Gasteiger charge is -2.72. The molecule has 15 heteroatoms. The molecule has 15 aliphatic rings. The average Bonchev–Trinajstić information content (AvgIpc) is 1.60. The molecule has 15 nitrogen and oxygen atoms in total. The third-order valence-corrected chi connectivity index (χ3v) is 29.2. The van der Waals surface area contributed by atoms with Crippen LogP contribution in [-0.4, -0.2) is 121 Å². The number of hydrogen-bond acceptors (Lipinski definition) is 14. The molecule has 3 saturated heterocycles. The van der Waals surface area contributed by atoms with Crippen molar-refractivity contribution >= 4 is 22.5 Å². The first-order chi connectivity index (χ1) is 41.8. The standard InChI is InChI=1S/C72H92N2O13/c1-41-52(42(2)77)56(79)53-46(55(41)78)28-43(60(82)83)29-50(53)85-61-57(80)59(81)72-31-49-54-47(12-13-48(54)69(87-72)21-7-16-63(36-69)23-25-64(34-63)17-5-10-45(64)11-6-22-70(72,39-76)86-61)68(20-9-27-75)40-84-33-44-30-65-37-67(32-51(65)73-74-71(49,38-65)58(44)68)19-8-18-66(67)26-24-62(35-66)14-3-4-15-62/h12,28-29,44-45,49,51,57-59,61,73-76,78-81H,3-5,7-11,13-21,23-27,30-40H2,1-2H3,(H,82,83). The second-order valence-electron chi connectivity index (χ2n) is 32.6. The molecule has 2 aromatic carbocycles. The molecule has 12 fully saturated rings. The van der Waals surface area contributed by atoms with Gasteiger partial charge in [-0.3, -0.25) is 15.6 Å². The van der Waals surface area contributed by atoms with Crippen LogP contribution in [0.5, 0.6) is 17.2 Å². The zero-order valence-electron chi connectivity index (χ0n) is 51.3. The van der Waals surface area contributed by atoms with Crippen molar-refractivity contribution in [3.05, 3.63) is 51.6 Å². The minimum atomic E-state index is -2.08. The first-order valence-corrected chi connectivity index (χ1v) is 34.2. The van der Waals surface area contributed by atoms with Gasteiger partial charge in [0.1, 0.15) is 35.1 Å². The van der Waals surface area contributed by atoms with Crippen molar-refractivity contribution in [3.63, 3.8) is 0 Å². The van der Waals surface area contributed by atoms with Crippen molar-refractivity contribution in [2.45, 2.75) is 247 Å². The largest absolute Gasteiger partial charge is 0.507 e. The van der Waals surface area contributed by atoms with Gasteiger partial charge in [0.25, 0.3) is 0 Å². The van der Waals surface area contributed by atoms with Gasteiger partial charge in [-0.15, -0.1) is 0 Å². The van der Waals surface area contributed by atoms with Crippen LogP contribution in [0.15, 0.2) is 34.9 Å². The first kappa shape index (κ1) is 56.9. The monoisotopic (exact) mass is 1190 g/mol. The van der Waals surface area contributed by atoms with E-state index in [4.69, 9.17) is 18.9 Å². The molecule has 18 atom stereocenters. The highest BCUT2D eigenvalue weighted by Gasteiger charge is 2.80. The fourth-order valence-electron chi connectivity index (χ4n) is 26.4. The number of ether oxygens (including phenoxy) is 4. The zero-order chi connectivity index (χ0) is 59.7. The number of phenols is 2. The molecule has 87 heavy (non-hydrogen) atoms. The highest BCUT2D eigenvalue weighted by Crippen LogP contribution is 2.81. The Hall–Kier alpha value is -4.08. The Morgan fingerprint density at radius 3 is 2.44 bits per heavy atom. The summed E-state index contributed by atoms with van der Waals surface area (Å²) in [5, 5.41) is 85.3. The van der Waals surface area contributed by atoms with Crippen LogP contribution in [0.4, 0.5) is 0 Å². The molecule has 2 aromatic rings. The lowest BCUT2D eigenvalue weighted by molar-refractivity contribution is -0.370. The maximum absolute atomic E-state index is 14.2. The van der Waals surface area contributed by atoms with E-state index >= 15 is 0 Å². The number of Topliss-reactive ketones (excluding diaryl/α,β-unsaturated/α-hetero) is 1. The number of ketones is 1. The third-order valence-electron chi connectivity index (χ3n) is 29.2. The molecule has 9 saturated carbocycles. The Balaban J connectivity index is 0.867. The predicted molar refractivity (Wildman–Crippen MR) is 321 cm³/mol. The molecule has 5 heterocycles. The molecule has 9 spiro atoms. The van der Waals surface area contributed by atoms with Crippen LogP contribution in [0.2, 0.25) is 0 Å². The van der Waals surface area contributed by atoms with E-state index in [-0.39, 0.29) is 91.7 Å². The van der Waals surface area contributed by atoms with Gasteiger partial charge in [-0.2, -0.15) is 0 Å². The SMILES string of the molecule is CC(=O)c1c(C)c(O)c2cc(C(=O)O)cc(OC3OC4(CO)C#CCC5CCCC56CCC5(CCCC7(C5)OC4(CC4C5=C7CC=C5C5(CCCO)COCC7CC89CC4(NNC8CC4(CCCC48CCC4(CCCC4)C8)C9)C75)C(O)C3O)C6)c2c1O. The molecule has 5 aliphatic heterocycles. The third kappa shape index (κ3) is 7.24. The molecule has 0 aromatic heterocycles. The van der Waals surface area contributed by atoms with Crippen molar-refractivity contribution in [3.8, 4) is 29.1 Å². The van der Waals surface area contributed by atoms with E-state index in [1.807, 2.05) is 0 Å². The Bertz CT molecular complexity index is 3450. The second kappa shape index (κ2) is 18.8. The summed E-state index contributed by atoms with van der Waals surface area (Å²) in [5.74, 6) is 4.25. The second-order valence-corrected chi connectivity index (χ2v) is 32.6. The van der Waals surface area contributed by atoms with Gasteiger partial charge in [-0.05, 0) is 247 Å². The van der Waals surface area contributed by atoms with E-state index in [0.717, 1.165) is 89.5 Å². The van der Waals surface area contributed by atoms with E-state index in [1.54, 1.807) is 0 Å². The number of nitrogens with one attached hydrogen (secondary N) is 2. The van der Waals surface area contributed by atoms with E-state index in [0.29, 0.717) is 55.6 Å². The summed E-state index contributed by atoms with van der Waals surface area (Å²) in [6.07, 6.45) is 27.3. The Labute approximate surface area is 511 Å². The van der Waals surface area contributed by atoms with Crippen LogP contribution in [0, 0.1) is 80.3 Å². The summed E-state index contributed by atoms with van der Waals surface area (Å²) in [6, 6.07) is 2.61. The number of aliphatic hydroxyl groups excluding tert-OH is 4. The van der Waals surface area contributed by atoms with Crippen molar-refractivity contribution in [1.82, 2.24) is 10.9 Å². The average molecular weight is 1190 g/mol. The van der Waals surface area contributed by atoms with Crippen molar-refractivity contribution in [2.24, 2.45) is 61.6 Å². The van der Waals surface area contributed by atoms with Gasteiger partial charge in [0.05, 0.1) is 35.3 Å². The maximum atomic E-state index is 14.2. The Morgan fingerprint density at radius 1 is 0.828 bits per heavy atom. The minimum absolute atomic E-state index is 0.0469. The summed E-state index contributed by atoms with van der Waals surface area (Å²) in [6.45, 7) is 3.22. The summed E-state index contributed by atoms with van der Waals surface area (Å²) < 4.78 is 29.7. The number of carbonyl (C=O) groups is 2. The smallest absolute Gasteiger partial charge is 0.335 e. The lowest BCUT2D eigenvalue weighted by atomic mass is 9.38. The van der Waals surface area contributed by atoms with E-state index in [1.165, 1.54) is 107 Å². The number of aliphatic hydroxyl groups is 4. The number of benzene rings is 2. The number of carboxylic acids is 1. The van der Waals surface area contributed by atoms with Crippen molar-refractivity contribution in [1.29, 1.82) is 0 Å². The molecule has 6 bridgehead atoms. The van der Waals surface area contributed by atoms with Gasteiger partial charge in [-0.1, -0.05) is 43.6 Å². The summed E-state index contributed by atoms with van der Waals surface area (Å²) in [5.41, 5.74) is 6.97. The fraction of sp³-hybridized carbons (Fsp3) is 0.750. The normalized spacial score (nSPS) is 47.3. The van der Waals surface area contributed by atoms with E-state index < -0.39 is 76.1 Å². The van der Waals surface area contributed by atoms with Crippen LogP contribution < -0.4 is 15.6 Å². The summed E-state index contributed by atoms with van der Waals surface area (Å²) in [7, 11) is 0. The zero-order valence-corrected chi connectivity index (χ0v) is 51.3. The fourth-order valence-corrected chi connectivity index (χ4v) is 26.4. The highest BCUT2D eigenvalue weighted by molar-refractivity contribution is 6.11. The summed E-state index contributed by atoms with van der Waals surface area (Å²) in [4.78, 5) is 26.1. The number of hydrazine groups is 1. The van der Waals surface area contributed by atoms with Crippen LogP contribution in [0.1, 0.15) is 219 Å². The minimum Gasteiger partial charge on any atom is -0.507 e. The van der Waals surface area contributed by atoms with Crippen molar-refractivity contribution in [2.75, 3.05) is 26.4 Å². The molecule has 0 amide bonds. The lowest BCUT2D eigenvalue weighted by Crippen LogP contribution is -2.82. The molecule has 17 rings (SSSR count). The molecule has 0 radical (unpaired) electrons. The quantitative estimate of drug-likeness (QED) is 0.0679. The number of fused-ring (bicyclic) bond motifs is 3. The number of phenolic OH excluding ortho intramolecular Hbond substituents is 2. The van der Waals surface area contributed by atoms with Gasteiger partial charge in [0.2, 0.25) is 6.29 Å². The number of aromatic hydroxyl groups is 2. The maximum Gasteiger partial charge on any atom is 0.335 e. The predicted octanol–water partition coefficient (Wildman–Crippen LogP) is 10.5. The van der Waals surface area contributed by atoms with Gasteiger partial charge in [-0.25, -0.2) is 4.79 Å². The van der Waals surface area contributed by atoms with Gasteiger partial charge in [0.15, 0.2) is 11.4 Å². The molecular weight excluding hydrogens is 1100 g/mol. The molecule has 18 unspecified atom stereocenters. The van der Waals surface area contributed by atoms with Crippen LogP contribution in [-0.2, 0) is 14.2 Å². The number of rotatable bonds is 8. The van der Waals surface area contributed by atoms with Gasteiger partial charge >= 0.3 is 5.97 Å². The molecule has 468 valence electrons. The van der Waals surface area contributed by atoms with Crippen molar-refractivity contribution < 1.29 is 64.3 Å². The van der Waals surface area contributed by atoms with Crippen LogP contribution >= 0.6 is 0 Å². The van der Waals surface area contributed by atoms with Crippen LogP contribution in [0.25, 0.3) is 10.8 Å². The van der Waals surface area contributed by atoms with Gasteiger partial charge < -0.3 is 54.7 Å². The molecular formula is C72H92N2O13. The number of carboxylic acid groups (broad SMARTS) is 1. The number of aromatic carboxylic acids is 1. The first-order valence-electron chi connectivity index (χ1n) is 34.2. The van der Waals surface area contributed by atoms with Crippen LogP contribution in [0.3, 0.4) is 0 Å². The highest BCUT2D eigenvalue weighted by atomic mass is 16.7. The van der Waals surface area contributed by atoms with Gasteiger partial charge in [0, 0.05) is 53.5 Å². The van der Waals surface area contributed by atoms with E-state index in [2.05, 4.69) is 28.8 Å². The molecule has 9 N–H and O–H groups in total. The molecule has 10 aliphatic carbocycles.